The van der Waals surface area contributed by atoms with E-state index in [-0.39, 0.29) is 18.1 Å². The summed E-state index contributed by atoms with van der Waals surface area (Å²) in [6.07, 6.45) is 3.48. The minimum atomic E-state index is -0.227. The van der Waals surface area contributed by atoms with Gasteiger partial charge in [0.05, 0.1) is 23.9 Å². The maximum absolute atomic E-state index is 12.6. The highest BCUT2D eigenvalue weighted by atomic mass is 16.3. The van der Waals surface area contributed by atoms with E-state index in [1.807, 2.05) is 95.6 Å². The Morgan fingerprint density at radius 3 is 2.34 bits per heavy atom. The van der Waals surface area contributed by atoms with Crippen molar-refractivity contribution in [2.45, 2.75) is 13.0 Å². The van der Waals surface area contributed by atoms with Gasteiger partial charge in [0.25, 0.3) is 0 Å². The van der Waals surface area contributed by atoms with Crippen LogP contribution in [0.25, 0.3) is 33.3 Å². The number of carbonyl (C=O) groups excluding carboxylic acids is 1. The van der Waals surface area contributed by atoms with Crippen LogP contribution in [0.5, 0.6) is 5.75 Å². The Bertz CT molecular complexity index is 1490. The summed E-state index contributed by atoms with van der Waals surface area (Å²) in [7, 11) is 0. The van der Waals surface area contributed by atoms with Gasteiger partial charge in [-0.2, -0.15) is 5.10 Å². The molecule has 0 aliphatic carbocycles. The van der Waals surface area contributed by atoms with Gasteiger partial charge in [-0.1, -0.05) is 91.0 Å². The van der Waals surface area contributed by atoms with Crippen LogP contribution in [0.1, 0.15) is 12.0 Å². The first kappa shape index (κ1) is 22.1. The molecule has 2 N–H and O–H groups in total. The van der Waals surface area contributed by atoms with Crippen LogP contribution < -0.4 is 5.43 Å². The van der Waals surface area contributed by atoms with Crippen LogP contribution in [-0.4, -0.2) is 26.8 Å². The molecule has 6 nitrogen and oxygen atoms in total. The Morgan fingerprint density at radius 1 is 0.886 bits per heavy atom. The Morgan fingerprint density at radius 2 is 1.57 bits per heavy atom. The minimum absolute atomic E-state index is 0.112. The Labute approximate surface area is 203 Å². The lowest BCUT2D eigenvalue weighted by Gasteiger charge is -2.10. The zero-order valence-corrected chi connectivity index (χ0v) is 19.0. The predicted molar refractivity (Wildman–Crippen MR) is 139 cm³/mol. The molecule has 0 atom stereocenters. The van der Waals surface area contributed by atoms with Crippen molar-refractivity contribution < 1.29 is 9.90 Å². The SMILES string of the molecule is O=C(CCn1cnc(-c2ccccc2)c1-c1ccccc1)N/N=C\c1c(O)ccc2ccccc12. The van der Waals surface area contributed by atoms with Gasteiger partial charge in [-0.3, -0.25) is 4.79 Å². The summed E-state index contributed by atoms with van der Waals surface area (Å²) in [6.45, 7) is 0.449. The summed E-state index contributed by atoms with van der Waals surface area (Å²) in [5.74, 6) is -0.115. The number of aromatic hydroxyl groups is 1. The molecule has 0 saturated carbocycles. The summed E-state index contributed by atoms with van der Waals surface area (Å²) >= 11 is 0. The normalized spacial score (nSPS) is 11.2. The first-order valence-electron chi connectivity index (χ1n) is 11.4. The fourth-order valence-corrected chi connectivity index (χ4v) is 4.12. The van der Waals surface area contributed by atoms with Crippen LogP contribution in [0.4, 0.5) is 0 Å². The number of hydrogen-bond donors (Lipinski definition) is 2. The van der Waals surface area contributed by atoms with E-state index in [4.69, 9.17) is 0 Å². The van der Waals surface area contributed by atoms with Crippen LogP contribution in [-0.2, 0) is 11.3 Å². The number of hydrazone groups is 1. The van der Waals surface area contributed by atoms with Gasteiger partial charge in [-0.15, -0.1) is 0 Å². The van der Waals surface area contributed by atoms with Crippen molar-refractivity contribution in [3.8, 4) is 28.3 Å². The van der Waals surface area contributed by atoms with Gasteiger partial charge in [-0.25, -0.2) is 10.4 Å². The van der Waals surface area contributed by atoms with Crippen molar-refractivity contribution in [2.24, 2.45) is 5.10 Å². The van der Waals surface area contributed by atoms with Crippen LogP contribution in [0.15, 0.2) is 108 Å². The average molecular weight is 461 g/mol. The van der Waals surface area contributed by atoms with Gasteiger partial charge in [0.15, 0.2) is 0 Å². The van der Waals surface area contributed by atoms with Crippen molar-refractivity contribution in [3.05, 3.63) is 109 Å². The van der Waals surface area contributed by atoms with Gasteiger partial charge >= 0.3 is 0 Å². The molecule has 5 rings (SSSR count). The van der Waals surface area contributed by atoms with E-state index in [2.05, 4.69) is 15.5 Å². The average Bonchev–Trinajstić information content (AvgIpc) is 3.34. The molecule has 0 spiro atoms. The second-order valence-corrected chi connectivity index (χ2v) is 8.13. The van der Waals surface area contributed by atoms with E-state index in [9.17, 15) is 9.90 Å². The minimum Gasteiger partial charge on any atom is -0.507 e. The topological polar surface area (TPSA) is 79.5 Å². The van der Waals surface area contributed by atoms with Gasteiger partial charge < -0.3 is 9.67 Å². The number of rotatable bonds is 7. The summed E-state index contributed by atoms with van der Waals surface area (Å²) in [6, 6.07) is 31.2. The molecule has 4 aromatic carbocycles. The molecule has 5 aromatic rings. The fourth-order valence-electron chi connectivity index (χ4n) is 4.12. The molecule has 172 valence electrons. The van der Waals surface area contributed by atoms with Crippen LogP contribution in [0.3, 0.4) is 0 Å². The molecular weight excluding hydrogens is 436 g/mol. The summed E-state index contributed by atoms with van der Waals surface area (Å²) in [5.41, 5.74) is 7.04. The number of carbonyl (C=O) groups is 1. The lowest BCUT2D eigenvalue weighted by Crippen LogP contribution is -2.19. The summed E-state index contributed by atoms with van der Waals surface area (Å²) in [4.78, 5) is 17.2. The largest absolute Gasteiger partial charge is 0.507 e. The lowest BCUT2D eigenvalue weighted by molar-refractivity contribution is -0.121. The quantitative estimate of drug-likeness (QED) is 0.245. The first-order chi connectivity index (χ1) is 17.2. The molecule has 35 heavy (non-hydrogen) atoms. The van der Waals surface area contributed by atoms with E-state index >= 15 is 0 Å². The van der Waals surface area contributed by atoms with Crippen LogP contribution in [0, 0.1) is 0 Å². The third-order valence-corrected chi connectivity index (χ3v) is 5.84. The van der Waals surface area contributed by atoms with Gasteiger partial charge in [0.2, 0.25) is 5.91 Å². The van der Waals surface area contributed by atoms with Crippen molar-refractivity contribution in [1.82, 2.24) is 15.0 Å². The number of imidazole rings is 1. The number of nitrogens with zero attached hydrogens (tertiary/aromatic N) is 3. The molecule has 6 heteroatoms. The zero-order chi connectivity index (χ0) is 24.0. The molecule has 1 heterocycles. The number of hydrogen-bond acceptors (Lipinski definition) is 4. The van der Waals surface area contributed by atoms with E-state index in [0.717, 1.165) is 33.3 Å². The van der Waals surface area contributed by atoms with E-state index in [1.54, 1.807) is 12.4 Å². The maximum atomic E-state index is 12.6. The van der Waals surface area contributed by atoms with Crippen molar-refractivity contribution >= 4 is 22.9 Å². The second-order valence-electron chi connectivity index (χ2n) is 8.13. The van der Waals surface area contributed by atoms with E-state index in [1.165, 1.54) is 6.21 Å². The standard InChI is InChI=1S/C29H24N4O2/c34-26-16-15-21-9-7-8-14-24(21)25(26)19-31-32-27(35)17-18-33-20-30-28(22-10-3-1-4-11-22)29(33)23-12-5-2-6-13-23/h1-16,19-20,34H,17-18H2,(H,32,35)/b31-19-. The number of benzene rings is 4. The fraction of sp³-hybridized carbons (Fsp3) is 0.0690. The van der Waals surface area contributed by atoms with Gasteiger partial charge in [0, 0.05) is 29.7 Å². The molecule has 1 aromatic heterocycles. The van der Waals surface area contributed by atoms with E-state index < -0.39 is 0 Å². The monoisotopic (exact) mass is 460 g/mol. The molecule has 1 amide bonds. The number of fused-ring (bicyclic) bond motifs is 1. The highest BCUT2D eigenvalue weighted by Gasteiger charge is 2.15. The smallest absolute Gasteiger partial charge is 0.241 e. The summed E-state index contributed by atoms with van der Waals surface area (Å²) < 4.78 is 2.00. The molecule has 0 radical (unpaired) electrons. The zero-order valence-electron chi connectivity index (χ0n) is 19.0. The molecule has 0 unspecified atom stereocenters. The lowest BCUT2D eigenvalue weighted by atomic mass is 10.0. The Balaban J connectivity index is 1.32. The number of aromatic nitrogens is 2. The maximum Gasteiger partial charge on any atom is 0.241 e. The number of nitrogens with one attached hydrogen (secondary N) is 1. The summed E-state index contributed by atoms with van der Waals surface area (Å²) in [5, 5.41) is 16.2. The molecule has 0 fully saturated rings. The Kier molecular flexibility index (Phi) is 6.35. The number of amides is 1. The molecule has 0 aliphatic rings. The number of aryl methyl sites for hydroxylation is 1. The molecule has 0 aliphatic heterocycles. The third-order valence-electron chi connectivity index (χ3n) is 5.84. The van der Waals surface area contributed by atoms with Crippen molar-refractivity contribution in [1.29, 1.82) is 0 Å². The molecule has 0 bridgehead atoms. The number of phenolic OH excluding ortho intramolecular Hbond substituents is 1. The third kappa shape index (κ3) is 4.82. The highest BCUT2D eigenvalue weighted by Crippen LogP contribution is 2.31. The van der Waals surface area contributed by atoms with Gasteiger partial charge in [-0.05, 0) is 16.8 Å². The molecule has 0 saturated heterocycles. The molecular formula is C29H24N4O2. The van der Waals surface area contributed by atoms with Crippen molar-refractivity contribution in [2.75, 3.05) is 0 Å². The predicted octanol–water partition coefficient (Wildman–Crippen LogP) is 5.62. The first-order valence-corrected chi connectivity index (χ1v) is 11.4. The van der Waals surface area contributed by atoms with Gasteiger partial charge in [0.1, 0.15) is 5.75 Å². The van der Waals surface area contributed by atoms with E-state index in [0.29, 0.717) is 12.1 Å². The number of phenols is 1. The van der Waals surface area contributed by atoms with Crippen LogP contribution in [0.2, 0.25) is 0 Å². The van der Waals surface area contributed by atoms with Crippen LogP contribution >= 0.6 is 0 Å². The highest BCUT2D eigenvalue weighted by molar-refractivity contribution is 6.02. The van der Waals surface area contributed by atoms with Crippen molar-refractivity contribution in [3.63, 3.8) is 0 Å². The Hall–Kier alpha value is -4.71. The second kappa shape index (κ2) is 10.1.